The lowest BCUT2D eigenvalue weighted by atomic mass is 10.1. The molecule has 0 spiro atoms. The second-order valence-corrected chi connectivity index (χ2v) is 7.92. The molecule has 2 rings (SSSR count). The Morgan fingerprint density at radius 3 is 2.43 bits per heavy atom. The van der Waals surface area contributed by atoms with Crippen LogP contribution < -0.4 is 4.72 Å². The van der Waals surface area contributed by atoms with E-state index in [0.29, 0.717) is 4.34 Å². The van der Waals surface area contributed by atoms with E-state index in [0.717, 1.165) is 16.9 Å². The zero-order valence-electron chi connectivity index (χ0n) is 10.7. The summed E-state index contributed by atoms with van der Waals surface area (Å²) in [5.74, 6) is -1.23. The first-order valence-electron chi connectivity index (χ1n) is 5.93. The van der Waals surface area contributed by atoms with Crippen molar-refractivity contribution in [3.63, 3.8) is 0 Å². The summed E-state index contributed by atoms with van der Waals surface area (Å²) in [6, 6.07) is 10.4. The Kier molecular flexibility index (Phi) is 5.00. The highest BCUT2D eigenvalue weighted by molar-refractivity contribution is 7.91. The van der Waals surface area contributed by atoms with Gasteiger partial charge in [-0.15, -0.1) is 11.3 Å². The molecule has 0 aliphatic rings. The average Bonchev–Trinajstić information content (AvgIpc) is 2.86. The summed E-state index contributed by atoms with van der Waals surface area (Å²) in [6.45, 7) is 0. The lowest BCUT2D eigenvalue weighted by Gasteiger charge is -2.14. The Balaban J connectivity index is 2.18. The lowest BCUT2D eigenvalue weighted by molar-refractivity contribution is -0.138. The Labute approximate surface area is 131 Å². The Hall–Kier alpha value is -1.41. The molecule has 2 aromatic rings. The van der Waals surface area contributed by atoms with Gasteiger partial charge in [-0.25, -0.2) is 8.42 Å². The summed E-state index contributed by atoms with van der Waals surface area (Å²) in [6.07, 6.45) is 0.0640. The maximum Gasteiger partial charge on any atom is 0.322 e. The Bertz CT molecular complexity index is 728. The number of thiophene rings is 1. The van der Waals surface area contributed by atoms with E-state index in [1.807, 2.05) is 0 Å². The van der Waals surface area contributed by atoms with Gasteiger partial charge in [-0.3, -0.25) is 4.79 Å². The molecule has 5 nitrogen and oxygen atoms in total. The zero-order valence-corrected chi connectivity index (χ0v) is 13.1. The predicted molar refractivity (Wildman–Crippen MR) is 81.2 cm³/mol. The maximum atomic E-state index is 12.1. The van der Waals surface area contributed by atoms with Gasteiger partial charge < -0.3 is 5.11 Å². The Morgan fingerprint density at radius 2 is 1.90 bits per heavy atom. The number of nitrogens with one attached hydrogen (secondary N) is 1. The molecular formula is C13H12ClNO4S2. The number of sulfonamides is 1. The predicted octanol–water partition coefficient (Wildman–Crippen LogP) is 2.38. The summed E-state index contributed by atoms with van der Waals surface area (Å²) in [5, 5.41) is 9.20. The molecule has 0 fully saturated rings. The molecule has 21 heavy (non-hydrogen) atoms. The summed E-state index contributed by atoms with van der Waals surface area (Å²) in [5.41, 5.74) is 0.733. The van der Waals surface area contributed by atoms with E-state index in [1.165, 1.54) is 12.1 Å². The van der Waals surface area contributed by atoms with Gasteiger partial charge in [0.1, 0.15) is 10.3 Å². The SMILES string of the molecule is O=C(O)[C@H](Cc1ccccc1)NS(=O)(=O)c1ccc(Cl)s1. The monoisotopic (exact) mass is 345 g/mol. The van der Waals surface area contributed by atoms with Gasteiger partial charge in [0.15, 0.2) is 0 Å². The number of carboxylic acids is 1. The molecule has 2 N–H and O–H groups in total. The highest BCUT2D eigenvalue weighted by atomic mass is 35.5. The number of carbonyl (C=O) groups is 1. The minimum Gasteiger partial charge on any atom is -0.480 e. The van der Waals surface area contributed by atoms with Crippen molar-refractivity contribution >= 4 is 38.9 Å². The van der Waals surface area contributed by atoms with E-state index in [4.69, 9.17) is 11.6 Å². The number of aliphatic carboxylic acids is 1. The van der Waals surface area contributed by atoms with Crippen LogP contribution >= 0.6 is 22.9 Å². The van der Waals surface area contributed by atoms with Crippen molar-refractivity contribution in [3.8, 4) is 0 Å². The standard InChI is InChI=1S/C13H12ClNO4S2/c14-11-6-7-12(20-11)21(18,19)15-10(13(16)17)8-9-4-2-1-3-5-9/h1-7,10,15H,8H2,(H,16,17)/t10-/m0/s1. The highest BCUT2D eigenvalue weighted by Gasteiger charge is 2.26. The number of rotatable bonds is 6. The fourth-order valence-electron chi connectivity index (χ4n) is 1.72. The third-order valence-corrected chi connectivity index (χ3v) is 5.89. The molecule has 0 saturated heterocycles. The van der Waals surface area contributed by atoms with Crippen molar-refractivity contribution in [2.75, 3.05) is 0 Å². The van der Waals surface area contributed by atoms with Crippen LogP contribution in [0.25, 0.3) is 0 Å². The van der Waals surface area contributed by atoms with Gasteiger partial charge in [0.25, 0.3) is 10.0 Å². The van der Waals surface area contributed by atoms with Crippen molar-refractivity contribution in [1.82, 2.24) is 4.72 Å². The molecule has 0 aliphatic heterocycles. The van der Waals surface area contributed by atoms with E-state index in [2.05, 4.69) is 4.72 Å². The second-order valence-electron chi connectivity index (χ2n) is 4.26. The van der Waals surface area contributed by atoms with Crippen LogP contribution in [0.4, 0.5) is 0 Å². The fraction of sp³-hybridized carbons (Fsp3) is 0.154. The second kappa shape index (κ2) is 6.57. The van der Waals surface area contributed by atoms with E-state index in [1.54, 1.807) is 30.3 Å². The molecule has 0 radical (unpaired) electrons. The number of benzene rings is 1. The minimum atomic E-state index is -3.90. The van der Waals surface area contributed by atoms with Crippen LogP contribution in [-0.4, -0.2) is 25.5 Å². The first-order chi connectivity index (χ1) is 9.88. The van der Waals surface area contributed by atoms with Crippen molar-refractivity contribution < 1.29 is 18.3 Å². The van der Waals surface area contributed by atoms with Gasteiger partial charge >= 0.3 is 5.97 Å². The third kappa shape index (κ3) is 4.28. The number of hydrogen-bond donors (Lipinski definition) is 2. The zero-order chi connectivity index (χ0) is 15.5. The van der Waals surface area contributed by atoms with E-state index >= 15 is 0 Å². The quantitative estimate of drug-likeness (QED) is 0.842. The summed E-state index contributed by atoms with van der Waals surface area (Å²) in [7, 11) is -3.90. The Morgan fingerprint density at radius 1 is 1.24 bits per heavy atom. The number of halogens is 1. The van der Waals surface area contributed by atoms with Crippen LogP contribution in [-0.2, 0) is 21.2 Å². The number of hydrogen-bond acceptors (Lipinski definition) is 4. The molecule has 8 heteroatoms. The topological polar surface area (TPSA) is 83.5 Å². The minimum absolute atomic E-state index is 0.00758. The molecule has 1 aromatic carbocycles. The van der Waals surface area contributed by atoms with Crippen LogP contribution in [0.1, 0.15) is 5.56 Å². The van der Waals surface area contributed by atoms with E-state index in [-0.39, 0.29) is 10.6 Å². The highest BCUT2D eigenvalue weighted by Crippen LogP contribution is 2.25. The first-order valence-corrected chi connectivity index (χ1v) is 8.60. The molecule has 0 saturated carbocycles. The van der Waals surface area contributed by atoms with Crippen LogP contribution in [0.3, 0.4) is 0 Å². The molecule has 1 heterocycles. The van der Waals surface area contributed by atoms with Gasteiger partial charge in [0.2, 0.25) is 0 Å². The largest absolute Gasteiger partial charge is 0.480 e. The number of carboxylic acid groups (broad SMARTS) is 1. The maximum absolute atomic E-state index is 12.1. The first kappa shape index (κ1) is 16.0. The van der Waals surface area contributed by atoms with Crippen molar-refractivity contribution in [2.24, 2.45) is 0 Å². The van der Waals surface area contributed by atoms with Crippen LogP contribution in [0, 0.1) is 0 Å². The molecule has 0 unspecified atom stereocenters. The van der Waals surface area contributed by atoms with Crippen LogP contribution in [0.2, 0.25) is 4.34 Å². The van der Waals surface area contributed by atoms with Crippen molar-refractivity contribution in [1.29, 1.82) is 0 Å². The third-order valence-electron chi connectivity index (χ3n) is 2.69. The molecule has 0 aliphatic carbocycles. The molecular weight excluding hydrogens is 334 g/mol. The van der Waals surface area contributed by atoms with Crippen LogP contribution in [0.15, 0.2) is 46.7 Å². The molecule has 0 amide bonds. The molecule has 112 valence electrons. The van der Waals surface area contributed by atoms with E-state index < -0.39 is 22.0 Å². The van der Waals surface area contributed by atoms with Crippen molar-refractivity contribution in [3.05, 3.63) is 52.4 Å². The summed E-state index contributed by atoms with van der Waals surface area (Å²) < 4.78 is 26.8. The van der Waals surface area contributed by atoms with Crippen LogP contribution in [0.5, 0.6) is 0 Å². The van der Waals surface area contributed by atoms with Gasteiger partial charge in [-0.2, -0.15) is 4.72 Å². The lowest BCUT2D eigenvalue weighted by Crippen LogP contribution is -2.42. The average molecular weight is 346 g/mol. The molecule has 1 aromatic heterocycles. The fourth-order valence-corrected chi connectivity index (χ4v) is 4.41. The van der Waals surface area contributed by atoms with Gasteiger partial charge in [0.05, 0.1) is 4.34 Å². The van der Waals surface area contributed by atoms with E-state index in [9.17, 15) is 18.3 Å². The summed E-state index contributed by atoms with van der Waals surface area (Å²) >= 11 is 6.58. The van der Waals surface area contributed by atoms with Gasteiger partial charge in [-0.1, -0.05) is 41.9 Å². The smallest absolute Gasteiger partial charge is 0.322 e. The van der Waals surface area contributed by atoms with Crippen molar-refractivity contribution in [2.45, 2.75) is 16.7 Å². The summed E-state index contributed by atoms with van der Waals surface area (Å²) in [4.78, 5) is 11.3. The molecule has 0 bridgehead atoms. The molecule has 1 atom stereocenters. The van der Waals surface area contributed by atoms with Gasteiger partial charge in [0, 0.05) is 0 Å². The normalized spacial score (nSPS) is 13.0. The van der Waals surface area contributed by atoms with Gasteiger partial charge in [-0.05, 0) is 24.1 Å².